The standard InChI is InChI=1S/C27H26N2O6/c1-34-17-12-13-22(26(31)32)24(15-17)29-25(30)11-6-14-28-27(33)35-16-23-20-9-4-2-7-18(20)19-8-3-5-10-21(19)23/h2-5,7-10,12-13,15,23H,6,11,14,16H2,1H3,(H,28,33)(H,29,30)(H,31,32). The van der Waals surface area contributed by atoms with Crippen molar-refractivity contribution in [2.24, 2.45) is 0 Å². The van der Waals surface area contributed by atoms with Gasteiger partial charge in [-0.1, -0.05) is 48.5 Å². The third-order valence-corrected chi connectivity index (χ3v) is 5.92. The number of hydrogen-bond acceptors (Lipinski definition) is 5. The molecule has 3 N–H and O–H groups in total. The first-order valence-corrected chi connectivity index (χ1v) is 11.3. The molecule has 8 nitrogen and oxygen atoms in total. The molecule has 35 heavy (non-hydrogen) atoms. The molecule has 1 aliphatic carbocycles. The quantitative estimate of drug-likeness (QED) is 0.389. The van der Waals surface area contributed by atoms with Crippen LogP contribution in [0.4, 0.5) is 10.5 Å². The Labute approximate surface area is 202 Å². The monoisotopic (exact) mass is 474 g/mol. The van der Waals surface area contributed by atoms with Crippen LogP contribution in [0.15, 0.2) is 66.7 Å². The van der Waals surface area contributed by atoms with Crippen LogP contribution in [-0.2, 0) is 9.53 Å². The highest BCUT2D eigenvalue weighted by Crippen LogP contribution is 2.44. The van der Waals surface area contributed by atoms with Gasteiger partial charge >= 0.3 is 12.1 Å². The summed E-state index contributed by atoms with van der Waals surface area (Å²) < 4.78 is 10.6. The Kier molecular flexibility index (Phi) is 7.30. The highest BCUT2D eigenvalue weighted by atomic mass is 16.5. The number of ether oxygens (including phenoxy) is 2. The maximum absolute atomic E-state index is 12.3. The topological polar surface area (TPSA) is 114 Å². The summed E-state index contributed by atoms with van der Waals surface area (Å²) in [6.45, 7) is 0.460. The molecule has 3 aromatic rings. The van der Waals surface area contributed by atoms with Crippen molar-refractivity contribution in [1.29, 1.82) is 0 Å². The second kappa shape index (κ2) is 10.7. The second-order valence-electron chi connectivity index (χ2n) is 8.12. The lowest BCUT2D eigenvalue weighted by Crippen LogP contribution is -2.27. The van der Waals surface area contributed by atoms with Crippen LogP contribution in [0.3, 0.4) is 0 Å². The number of aromatic carboxylic acids is 1. The number of fused-ring (bicyclic) bond motifs is 3. The number of methoxy groups -OCH3 is 1. The van der Waals surface area contributed by atoms with E-state index >= 15 is 0 Å². The van der Waals surface area contributed by atoms with Crippen LogP contribution >= 0.6 is 0 Å². The molecule has 4 rings (SSSR count). The van der Waals surface area contributed by atoms with E-state index in [4.69, 9.17) is 9.47 Å². The number of nitrogens with one attached hydrogen (secondary N) is 2. The molecule has 3 aromatic carbocycles. The molecule has 0 fully saturated rings. The van der Waals surface area contributed by atoms with Gasteiger partial charge in [0.2, 0.25) is 5.91 Å². The van der Waals surface area contributed by atoms with Crippen LogP contribution in [0.5, 0.6) is 5.75 Å². The van der Waals surface area contributed by atoms with E-state index in [-0.39, 0.29) is 42.6 Å². The summed E-state index contributed by atoms with van der Waals surface area (Å²) in [6, 6.07) is 20.5. The fraction of sp³-hybridized carbons (Fsp3) is 0.222. The number of carbonyl (C=O) groups excluding carboxylic acids is 2. The molecule has 0 heterocycles. The van der Waals surface area contributed by atoms with Gasteiger partial charge in [-0.2, -0.15) is 0 Å². The van der Waals surface area contributed by atoms with E-state index in [9.17, 15) is 19.5 Å². The Balaban J connectivity index is 1.24. The molecular formula is C27H26N2O6. The summed E-state index contributed by atoms with van der Waals surface area (Å²) >= 11 is 0. The average molecular weight is 475 g/mol. The van der Waals surface area contributed by atoms with Crippen LogP contribution in [0.2, 0.25) is 0 Å². The predicted octanol–water partition coefficient (Wildman–Crippen LogP) is 4.65. The van der Waals surface area contributed by atoms with Crippen molar-refractivity contribution < 1.29 is 29.0 Å². The van der Waals surface area contributed by atoms with Crippen molar-refractivity contribution in [1.82, 2.24) is 5.32 Å². The number of alkyl carbamates (subject to hydrolysis) is 1. The number of benzene rings is 3. The maximum Gasteiger partial charge on any atom is 0.407 e. The minimum atomic E-state index is -1.15. The molecular weight excluding hydrogens is 448 g/mol. The molecule has 0 aromatic heterocycles. The van der Waals surface area contributed by atoms with Crippen molar-refractivity contribution in [2.75, 3.05) is 25.6 Å². The van der Waals surface area contributed by atoms with Gasteiger partial charge in [-0.25, -0.2) is 9.59 Å². The molecule has 0 aliphatic heterocycles. The van der Waals surface area contributed by atoms with Gasteiger partial charge in [-0.15, -0.1) is 0 Å². The van der Waals surface area contributed by atoms with Gasteiger partial charge in [0.25, 0.3) is 0 Å². The van der Waals surface area contributed by atoms with Crippen LogP contribution < -0.4 is 15.4 Å². The van der Waals surface area contributed by atoms with Gasteiger partial charge in [0.15, 0.2) is 0 Å². The number of rotatable bonds is 9. The van der Waals surface area contributed by atoms with E-state index in [1.54, 1.807) is 0 Å². The molecule has 180 valence electrons. The third-order valence-electron chi connectivity index (χ3n) is 5.92. The minimum Gasteiger partial charge on any atom is -0.497 e. The SMILES string of the molecule is COc1ccc(C(=O)O)c(NC(=O)CCCNC(=O)OCC2c3ccccc3-c3ccccc32)c1. The Morgan fingerprint density at radius 1 is 0.943 bits per heavy atom. The first-order chi connectivity index (χ1) is 17.0. The van der Waals surface area contributed by atoms with Crippen molar-refractivity contribution >= 4 is 23.7 Å². The smallest absolute Gasteiger partial charge is 0.407 e. The first-order valence-electron chi connectivity index (χ1n) is 11.3. The third kappa shape index (κ3) is 5.43. The number of carboxylic acid groups (broad SMARTS) is 1. The number of amides is 2. The molecule has 0 unspecified atom stereocenters. The lowest BCUT2D eigenvalue weighted by molar-refractivity contribution is -0.116. The van der Waals surface area contributed by atoms with E-state index in [0.717, 1.165) is 22.3 Å². The van der Waals surface area contributed by atoms with Crippen molar-refractivity contribution in [2.45, 2.75) is 18.8 Å². The highest BCUT2D eigenvalue weighted by Gasteiger charge is 2.28. The zero-order chi connectivity index (χ0) is 24.8. The second-order valence-corrected chi connectivity index (χ2v) is 8.12. The summed E-state index contributed by atoms with van der Waals surface area (Å²) in [5, 5.41) is 14.6. The van der Waals surface area contributed by atoms with E-state index in [1.807, 2.05) is 24.3 Å². The fourth-order valence-electron chi connectivity index (χ4n) is 4.24. The average Bonchev–Trinajstić information content (AvgIpc) is 3.19. The molecule has 0 bridgehead atoms. The van der Waals surface area contributed by atoms with Crippen LogP contribution in [0.25, 0.3) is 11.1 Å². The maximum atomic E-state index is 12.3. The largest absolute Gasteiger partial charge is 0.497 e. The van der Waals surface area contributed by atoms with E-state index in [1.165, 1.54) is 25.3 Å². The molecule has 0 atom stereocenters. The van der Waals surface area contributed by atoms with Crippen LogP contribution in [-0.4, -0.2) is 43.3 Å². The number of carboxylic acids is 1. The minimum absolute atomic E-state index is 0.0229. The summed E-state index contributed by atoms with van der Waals surface area (Å²) in [5.41, 5.74) is 4.71. The first kappa shape index (κ1) is 23.8. The van der Waals surface area contributed by atoms with Crippen molar-refractivity contribution in [3.8, 4) is 16.9 Å². The van der Waals surface area contributed by atoms with Gasteiger partial charge in [0, 0.05) is 24.9 Å². The molecule has 2 amide bonds. The number of anilines is 1. The van der Waals surface area contributed by atoms with Crippen LogP contribution in [0, 0.1) is 0 Å². The van der Waals surface area contributed by atoms with Gasteiger partial charge in [-0.05, 0) is 40.8 Å². The molecule has 0 radical (unpaired) electrons. The van der Waals surface area contributed by atoms with Gasteiger partial charge < -0.3 is 25.2 Å². The van der Waals surface area contributed by atoms with Gasteiger partial charge in [0.1, 0.15) is 12.4 Å². The normalized spacial score (nSPS) is 11.8. The summed E-state index contributed by atoms with van der Waals surface area (Å²) in [6.07, 6.45) is -0.0873. The Morgan fingerprint density at radius 2 is 1.60 bits per heavy atom. The zero-order valence-corrected chi connectivity index (χ0v) is 19.2. The van der Waals surface area contributed by atoms with E-state index in [2.05, 4.69) is 34.9 Å². The zero-order valence-electron chi connectivity index (χ0n) is 19.2. The van der Waals surface area contributed by atoms with Gasteiger partial charge in [0.05, 0.1) is 18.4 Å². The Hall–Kier alpha value is -4.33. The van der Waals surface area contributed by atoms with Crippen molar-refractivity contribution in [3.63, 3.8) is 0 Å². The van der Waals surface area contributed by atoms with Crippen LogP contribution in [0.1, 0.15) is 40.2 Å². The summed E-state index contributed by atoms with van der Waals surface area (Å²) in [5.74, 6) is -1.11. The number of carbonyl (C=O) groups is 3. The summed E-state index contributed by atoms with van der Waals surface area (Å²) in [7, 11) is 1.45. The molecule has 8 heteroatoms. The Morgan fingerprint density at radius 3 is 2.23 bits per heavy atom. The number of hydrogen-bond donors (Lipinski definition) is 3. The van der Waals surface area contributed by atoms with E-state index in [0.29, 0.717) is 12.2 Å². The van der Waals surface area contributed by atoms with Crippen molar-refractivity contribution in [3.05, 3.63) is 83.4 Å². The predicted molar refractivity (Wildman–Crippen MR) is 131 cm³/mol. The van der Waals surface area contributed by atoms with Gasteiger partial charge in [-0.3, -0.25) is 4.79 Å². The molecule has 0 spiro atoms. The Bertz CT molecular complexity index is 1210. The molecule has 1 aliphatic rings. The van der Waals surface area contributed by atoms with E-state index < -0.39 is 12.1 Å². The lowest BCUT2D eigenvalue weighted by atomic mass is 9.98. The summed E-state index contributed by atoms with van der Waals surface area (Å²) in [4.78, 5) is 35.9. The fourth-order valence-corrected chi connectivity index (χ4v) is 4.24. The lowest BCUT2D eigenvalue weighted by Gasteiger charge is -2.14. The molecule has 0 saturated carbocycles. The molecule has 0 saturated heterocycles. The highest BCUT2D eigenvalue weighted by molar-refractivity contribution is 6.00.